The highest BCUT2D eigenvalue weighted by Gasteiger charge is 2.31. The van der Waals surface area contributed by atoms with Crippen LogP contribution in [0.4, 0.5) is 0 Å². The molecule has 4 nitrogen and oxygen atoms in total. The van der Waals surface area contributed by atoms with Gasteiger partial charge in [0.05, 0.1) is 29.7 Å². The Morgan fingerprint density at radius 3 is 2.81 bits per heavy atom. The Hall–Kier alpha value is -0.520. The van der Waals surface area contributed by atoms with Crippen molar-refractivity contribution >= 4 is 11.7 Å². The summed E-state index contributed by atoms with van der Waals surface area (Å²) < 4.78 is 8.35. The SMILES string of the molecule is CC1CCC(C(NN)c2cnsn2)CC1C. The van der Waals surface area contributed by atoms with Crippen LogP contribution >= 0.6 is 11.7 Å². The molecule has 0 radical (unpaired) electrons. The van der Waals surface area contributed by atoms with Gasteiger partial charge in [0.1, 0.15) is 0 Å². The van der Waals surface area contributed by atoms with E-state index >= 15 is 0 Å². The van der Waals surface area contributed by atoms with Crippen LogP contribution in [-0.4, -0.2) is 8.75 Å². The molecule has 0 aliphatic heterocycles. The molecule has 4 unspecified atom stereocenters. The third kappa shape index (κ3) is 2.42. The number of nitrogens with two attached hydrogens (primary N) is 1. The monoisotopic (exact) mass is 240 g/mol. The molecule has 2 rings (SSSR count). The summed E-state index contributed by atoms with van der Waals surface area (Å²) in [5, 5.41) is 0. The second kappa shape index (κ2) is 5.21. The van der Waals surface area contributed by atoms with Crippen LogP contribution in [0.1, 0.15) is 44.8 Å². The fourth-order valence-corrected chi connectivity index (χ4v) is 3.12. The minimum absolute atomic E-state index is 0.175. The smallest absolute Gasteiger partial charge is 0.0928 e. The first kappa shape index (κ1) is 12.0. The maximum Gasteiger partial charge on any atom is 0.0928 e. The Morgan fingerprint density at radius 2 is 2.25 bits per heavy atom. The minimum atomic E-state index is 0.175. The van der Waals surface area contributed by atoms with Crippen LogP contribution in [0.2, 0.25) is 0 Å². The Labute approximate surface area is 101 Å². The highest BCUT2D eigenvalue weighted by atomic mass is 32.1. The standard InChI is InChI=1S/C11H20N4S/c1-7-3-4-9(5-8(7)2)11(14-12)10-6-13-16-15-10/h6-9,11,14H,3-5,12H2,1-2H3. The molecule has 1 aliphatic carbocycles. The fourth-order valence-electron chi connectivity index (χ4n) is 2.66. The molecular formula is C11H20N4S. The lowest BCUT2D eigenvalue weighted by Gasteiger charge is -2.35. The zero-order valence-electron chi connectivity index (χ0n) is 9.89. The van der Waals surface area contributed by atoms with Gasteiger partial charge in [-0.05, 0) is 30.6 Å². The molecule has 1 aromatic heterocycles. The van der Waals surface area contributed by atoms with E-state index in [0.29, 0.717) is 5.92 Å². The molecule has 16 heavy (non-hydrogen) atoms. The highest BCUT2D eigenvalue weighted by Crippen LogP contribution is 2.39. The third-order valence-electron chi connectivity index (χ3n) is 3.99. The first-order chi connectivity index (χ1) is 7.72. The van der Waals surface area contributed by atoms with Crippen LogP contribution in [0.5, 0.6) is 0 Å². The van der Waals surface area contributed by atoms with Crippen molar-refractivity contribution in [2.75, 3.05) is 0 Å². The fraction of sp³-hybridized carbons (Fsp3) is 0.818. The van der Waals surface area contributed by atoms with Crippen molar-refractivity contribution in [2.45, 2.75) is 39.2 Å². The van der Waals surface area contributed by atoms with Crippen molar-refractivity contribution in [3.63, 3.8) is 0 Å². The lowest BCUT2D eigenvalue weighted by Crippen LogP contribution is -2.37. The average Bonchev–Trinajstić information content (AvgIpc) is 2.78. The molecule has 1 aliphatic rings. The van der Waals surface area contributed by atoms with Gasteiger partial charge in [-0.3, -0.25) is 11.3 Å². The first-order valence-corrected chi connectivity index (χ1v) is 6.69. The quantitative estimate of drug-likeness (QED) is 0.627. The number of nitrogens with one attached hydrogen (secondary N) is 1. The summed E-state index contributed by atoms with van der Waals surface area (Å²) in [4.78, 5) is 0. The van der Waals surface area contributed by atoms with Crippen molar-refractivity contribution in [1.82, 2.24) is 14.2 Å². The van der Waals surface area contributed by atoms with E-state index in [9.17, 15) is 0 Å². The number of hydrogen-bond donors (Lipinski definition) is 2. The molecule has 1 aromatic rings. The summed E-state index contributed by atoms with van der Waals surface area (Å²) in [6, 6.07) is 0.175. The molecular weight excluding hydrogens is 220 g/mol. The van der Waals surface area contributed by atoms with Crippen molar-refractivity contribution in [1.29, 1.82) is 0 Å². The van der Waals surface area contributed by atoms with E-state index in [2.05, 4.69) is 28.0 Å². The summed E-state index contributed by atoms with van der Waals surface area (Å²) in [6.45, 7) is 4.68. The predicted molar refractivity (Wildman–Crippen MR) is 65.6 cm³/mol. The second-order valence-electron chi connectivity index (χ2n) is 5.00. The van der Waals surface area contributed by atoms with E-state index in [4.69, 9.17) is 5.84 Å². The van der Waals surface area contributed by atoms with Gasteiger partial charge in [-0.15, -0.1) is 0 Å². The largest absolute Gasteiger partial charge is 0.271 e. The normalized spacial score (nSPS) is 32.6. The molecule has 4 atom stereocenters. The van der Waals surface area contributed by atoms with E-state index in [0.717, 1.165) is 17.5 Å². The predicted octanol–water partition coefficient (Wildman–Crippen LogP) is 2.11. The van der Waals surface area contributed by atoms with Crippen LogP contribution in [0.25, 0.3) is 0 Å². The highest BCUT2D eigenvalue weighted by molar-refractivity contribution is 6.99. The number of hydrazine groups is 1. The van der Waals surface area contributed by atoms with Gasteiger partial charge in [-0.2, -0.15) is 8.75 Å². The number of nitrogens with zero attached hydrogens (tertiary/aromatic N) is 2. The Balaban J connectivity index is 2.05. The number of aromatic nitrogens is 2. The van der Waals surface area contributed by atoms with E-state index in [1.165, 1.54) is 31.0 Å². The van der Waals surface area contributed by atoms with Gasteiger partial charge in [0, 0.05) is 0 Å². The van der Waals surface area contributed by atoms with Crippen LogP contribution in [0.15, 0.2) is 6.20 Å². The molecule has 1 fully saturated rings. The summed E-state index contributed by atoms with van der Waals surface area (Å²) in [6.07, 6.45) is 5.59. The lowest BCUT2D eigenvalue weighted by atomic mass is 9.73. The van der Waals surface area contributed by atoms with Crippen molar-refractivity contribution in [3.8, 4) is 0 Å². The van der Waals surface area contributed by atoms with Crippen molar-refractivity contribution < 1.29 is 0 Å². The maximum absolute atomic E-state index is 5.66. The molecule has 3 N–H and O–H groups in total. The molecule has 0 bridgehead atoms. The molecule has 0 spiro atoms. The van der Waals surface area contributed by atoms with E-state index in [1.807, 2.05) is 6.20 Å². The van der Waals surface area contributed by atoms with Crippen molar-refractivity contribution in [2.24, 2.45) is 23.6 Å². The number of rotatable bonds is 3. The molecule has 0 aromatic carbocycles. The zero-order chi connectivity index (χ0) is 11.5. The van der Waals surface area contributed by atoms with Crippen molar-refractivity contribution in [3.05, 3.63) is 11.9 Å². The molecule has 0 saturated heterocycles. The second-order valence-corrected chi connectivity index (χ2v) is 5.56. The van der Waals surface area contributed by atoms with Crippen LogP contribution in [-0.2, 0) is 0 Å². The van der Waals surface area contributed by atoms with Gasteiger partial charge in [0.15, 0.2) is 0 Å². The Bertz CT molecular complexity index is 314. The van der Waals surface area contributed by atoms with Gasteiger partial charge in [0.2, 0.25) is 0 Å². The summed E-state index contributed by atoms with van der Waals surface area (Å²) in [5.74, 6) is 7.87. The molecule has 1 saturated carbocycles. The third-order valence-corrected chi connectivity index (χ3v) is 4.48. The van der Waals surface area contributed by atoms with E-state index in [-0.39, 0.29) is 6.04 Å². The first-order valence-electron chi connectivity index (χ1n) is 5.96. The van der Waals surface area contributed by atoms with Crippen LogP contribution in [0, 0.1) is 17.8 Å². The van der Waals surface area contributed by atoms with Gasteiger partial charge in [0.25, 0.3) is 0 Å². The zero-order valence-corrected chi connectivity index (χ0v) is 10.7. The summed E-state index contributed by atoms with van der Waals surface area (Å²) >= 11 is 1.25. The van der Waals surface area contributed by atoms with Crippen LogP contribution < -0.4 is 11.3 Å². The average molecular weight is 240 g/mol. The molecule has 1 heterocycles. The Kier molecular flexibility index (Phi) is 3.89. The van der Waals surface area contributed by atoms with E-state index in [1.54, 1.807) is 0 Å². The summed E-state index contributed by atoms with van der Waals surface area (Å²) in [5.41, 5.74) is 3.91. The van der Waals surface area contributed by atoms with Gasteiger partial charge >= 0.3 is 0 Å². The van der Waals surface area contributed by atoms with Crippen LogP contribution in [0.3, 0.4) is 0 Å². The van der Waals surface area contributed by atoms with E-state index < -0.39 is 0 Å². The van der Waals surface area contributed by atoms with Gasteiger partial charge in [-0.1, -0.05) is 20.3 Å². The topological polar surface area (TPSA) is 63.8 Å². The van der Waals surface area contributed by atoms with Gasteiger partial charge < -0.3 is 0 Å². The Morgan fingerprint density at radius 1 is 1.44 bits per heavy atom. The molecule has 0 amide bonds. The lowest BCUT2D eigenvalue weighted by molar-refractivity contribution is 0.170. The summed E-state index contributed by atoms with van der Waals surface area (Å²) in [7, 11) is 0. The maximum atomic E-state index is 5.66. The molecule has 90 valence electrons. The molecule has 5 heteroatoms. The number of hydrogen-bond acceptors (Lipinski definition) is 5. The minimum Gasteiger partial charge on any atom is -0.271 e. The van der Waals surface area contributed by atoms with Gasteiger partial charge in [-0.25, -0.2) is 0 Å².